The Morgan fingerprint density at radius 1 is 1.73 bits per heavy atom. The van der Waals surface area contributed by atoms with E-state index in [0.717, 1.165) is 0 Å². The van der Waals surface area contributed by atoms with Gasteiger partial charge in [0.2, 0.25) is 5.91 Å². The van der Waals surface area contributed by atoms with Gasteiger partial charge < -0.3 is 9.64 Å². The molecule has 5 nitrogen and oxygen atoms in total. The third-order valence-electron chi connectivity index (χ3n) is 1.61. The van der Waals surface area contributed by atoms with Crippen molar-refractivity contribution in [3.63, 3.8) is 0 Å². The molecule has 0 saturated carbocycles. The molecule has 0 spiro atoms. The summed E-state index contributed by atoms with van der Waals surface area (Å²) in [5.74, 6) is 5.12. The first-order chi connectivity index (χ1) is 5.34. The van der Waals surface area contributed by atoms with E-state index in [1.54, 1.807) is 4.90 Å². The number of nitrogens with zero attached hydrogens (tertiary/aromatic N) is 1. The Balaban J connectivity index is 2.24. The number of hydrazine groups is 1. The van der Waals surface area contributed by atoms with E-state index >= 15 is 0 Å². The van der Waals surface area contributed by atoms with Gasteiger partial charge in [0.05, 0.1) is 6.61 Å². The number of amides is 1. The molecule has 1 aliphatic rings. The normalized spacial score (nSPS) is 19.0. The van der Waals surface area contributed by atoms with Crippen molar-refractivity contribution < 1.29 is 9.53 Å². The average molecular weight is 159 g/mol. The zero-order valence-electron chi connectivity index (χ0n) is 6.38. The molecular formula is C6H13N3O2. The second-order valence-corrected chi connectivity index (χ2v) is 2.39. The molecule has 1 rings (SSSR count). The van der Waals surface area contributed by atoms with Crippen molar-refractivity contribution in [2.75, 3.05) is 32.8 Å². The Morgan fingerprint density at radius 2 is 2.55 bits per heavy atom. The Labute approximate surface area is 65.5 Å². The first-order valence-corrected chi connectivity index (χ1v) is 3.63. The minimum Gasteiger partial charge on any atom is -0.370 e. The molecule has 11 heavy (non-hydrogen) atoms. The van der Waals surface area contributed by atoms with Gasteiger partial charge in [-0.3, -0.25) is 16.1 Å². The number of rotatable bonds is 3. The van der Waals surface area contributed by atoms with Crippen LogP contribution in [0.15, 0.2) is 0 Å². The van der Waals surface area contributed by atoms with Gasteiger partial charge in [0, 0.05) is 19.6 Å². The second kappa shape index (κ2) is 4.27. The first kappa shape index (κ1) is 8.45. The lowest BCUT2D eigenvalue weighted by Crippen LogP contribution is -2.45. The molecule has 1 heterocycles. The molecule has 1 saturated heterocycles. The number of hydrogen-bond acceptors (Lipinski definition) is 4. The van der Waals surface area contributed by atoms with Gasteiger partial charge in [-0.1, -0.05) is 0 Å². The summed E-state index contributed by atoms with van der Waals surface area (Å²) in [6.07, 6.45) is 0. The molecule has 3 N–H and O–H groups in total. The van der Waals surface area contributed by atoms with Crippen LogP contribution in [0, 0.1) is 0 Å². The molecular weight excluding hydrogens is 146 g/mol. The van der Waals surface area contributed by atoms with Crippen molar-refractivity contribution >= 4 is 5.91 Å². The fraction of sp³-hybridized carbons (Fsp3) is 0.833. The van der Waals surface area contributed by atoms with Gasteiger partial charge in [0.25, 0.3) is 0 Å². The lowest BCUT2D eigenvalue weighted by atomic mass is 10.4. The van der Waals surface area contributed by atoms with Crippen LogP contribution in [0.2, 0.25) is 0 Å². The summed E-state index contributed by atoms with van der Waals surface area (Å²) >= 11 is 0. The maximum absolute atomic E-state index is 11.0. The molecule has 1 amide bonds. The van der Waals surface area contributed by atoms with Crippen molar-refractivity contribution in [1.29, 1.82) is 0 Å². The number of hydrogen-bond donors (Lipinski definition) is 2. The van der Waals surface area contributed by atoms with Crippen LogP contribution in [0.25, 0.3) is 0 Å². The highest BCUT2D eigenvalue weighted by Gasteiger charge is 2.16. The number of ether oxygens (including phenoxy) is 1. The van der Waals surface area contributed by atoms with Crippen LogP contribution in [0.1, 0.15) is 0 Å². The van der Waals surface area contributed by atoms with Crippen LogP contribution in [0.5, 0.6) is 0 Å². The summed E-state index contributed by atoms with van der Waals surface area (Å²) in [7, 11) is 0. The molecule has 0 bridgehead atoms. The van der Waals surface area contributed by atoms with E-state index in [0.29, 0.717) is 26.2 Å². The molecule has 0 aromatic heterocycles. The third-order valence-corrected chi connectivity index (χ3v) is 1.61. The highest BCUT2D eigenvalue weighted by Crippen LogP contribution is 1.96. The molecule has 0 aliphatic carbocycles. The Bertz CT molecular complexity index is 140. The highest BCUT2D eigenvalue weighted by atomic mass is 16.5. The van der Waals surface area contributed by atoms with E-state index in [2.05, 4.69) is 5.43 Å². The van der Waals surface area contributed by atoms with Gasteiger partial charge >= 0.3 is 0 Å². The largest absolute Gasteiger partial charge is 0.370 e. The number of carbonyl (C=O) groups is 1. The Morgan fingerprint density at radius 3 is 3.18 bits per heavy atom. The van der Waals surface area contributed by atoms with E-state index < -0.39 is 0 Å². The fourth-order valence-corrected chi connectivity index (χ4v) is 0.986. The molecule has 0 atom stereocenters. The predicted molar refractivity (Wildman–Crippen MR) is 39.6 cm³/mol. The molecule has 0 aromatic rings. The molecule has 0 unspecified atom stereocenters. The molecule has 0 radical (unpaired) electrons. The third kappa shape index (κ3) is 2.45. The van der Waals surface area contributed by atoms with E-state index in [9.17, 15) is 4.79 Å². The predicted octanol–water partition coefficient (Wildman–Crippen LogP) is -1.69. The van der Waals surface area contributed by atoms with Crippen LogP contribution >= 0.6 is 0 Å². The van der Waals surface area contributed by atoms with E-state index in [1.165, 1.54) is 0 Å². The Kier molecular flexibility index (Phi) is 3.28. The van der Waals surface area contributed by atoms with Crippen molar-refractivity contribution in [3.8, 4) is 0 Å². The number of nitrogens with two attached hydrogens (primary N) is 1. The van der Waals surface area contributed by atoms with Gasteiger partial charge in [-0.05, 0) is 0 Å². The SMILES string of the molecule is NNCCN1CCOCC1=O. The fourth-order valence-electron chi connectivity index (χ4n) is 0.986. The minimum atomic E-state index is 0.0477. The monoisotopic (exact) mass is 159 g/mol. The average Bonchev–Trinajstić information content (AvgIpc) is 2.03. The summed E-state index contributed by atoms with van der Waals surface area (Å²) in [4.78, 5) is 12.8. The quantitative estimate of drug-likeness (QED) is 0.381. The maximum atomic E-state index is 11.0. The van der Waals surface area contributed by atoms with E-state index in [-0.39, 0.29) is 12.5 Å². The first-order valence-electron chi connectivity index (χ1n) is 3.63. The second-order valence-electron chi connectivity index (χ2n) is 2.39. The van der Waals surface area contributed by atoms with Gasteiger partial charge in [-0.15, -0.1) is 0 Å². The van der Waals surface area contributed by atoms with E-state index in [1.807, 2.05) is 0 Å². The van der Waals surface area contributed by atoms with Crippen LogP contribution < -0.4 is 11.3 Å². The van der Waals surface area contributed by atoms with Crippen LogP contribution in [-0.2, 0) is 9.53 Å². The zero-order chi connectivity index (χ0) is 8.10. The van der Waals surface area contributed by atoms with Crippen molar-refractivity contribution in [1.82, 2.24) is 10.3 Å². The number of carbonyl (C=O) groups excluding carboxylic acids is 1. The van der Waals surface area contributed by atoms with Gasteiger partial charge in [-0.25, -0.2) is 0 Å². The summed E-state index contributed by atoms with van der Waals surface area (Å²) in [6.45, 7) is 2.83. The summed E-state index contributed by atoms with van der Waals surface area (Å²) < 4.78 is 4.95. The molecule has 1 aliphatic heterocycles. The van der Waals surface area contributed by atoms with E-state index in [4.69, 9.17) is 10.6 Å². The summed E-state index contributed by atoms with van der Waals surface area (Å²) in [5, 5.41) is 0. The number of nitrogens with one attached hydrogen (secondary N) is 1. The zero-order valence-corrected chi connectivity index (χ0v) is 6.38. The molecule has 5 heteroatoms. The standard InChI is InChI=1S/C6H13N3O2/c7-8-1-2-9-3-4-11-5-6(9)10/h8H,1-5,7H2. The Hall–Kier alpha value is -0.650. The van der Waals surface area contributed by atoms with Crippen LogP contribution in [0.4, 0.5) is 0 Å². The number of morpholine rings is 1. The maximum Gasteiger partial charge on any atom is 0.248 e. The topological polar surface area (TPSA) is 67.6 Å². The van der Waals surface area contributed by atoms with Crippen molar-refractivity contribution in [3.05, 3.63) is 0 Å². The minimum absolute atomic E-state index is 0.0477. The van der Waals surface area contributed by atoms with Crippen molar-refractivity contribution in [2.24, 2.45) is 5.84 Å². The molecule has 0 aromatic carbocycles. The summed E-state index contributed by atoms with van der Waals surface area (Å²) in [6, 6.07) is 0. The van der Waals surface area contributed by atoms with Gasteiger partial charge in [-0.2, -0.15) is 0 Å². The molecule has 64 valence electrons. The van der Waals surface area contributed by atoms with Gasteiger partial charge in [0.15, 0.2) is 0 Å². The summed E-state index contributed by atoms with van der Waals surface area (Å²) in [5.41, 5.74) is 2.50. The highest BCUT2D eigenvalue weighted by molar-refractivity contribution is 5.77. The van der Waals surface area contributed by atoms with Gasteiger partial charge in [0.1, 0.15) is 6.61 Å². The van der Waals surface area contributed by atoms with Crippen molar-refractivity contribution in [2.45, 2.75) is 0 Å². The van der Waals surface area contributed by atoms with Crippen LogP contribution in [0.3, 0.4) is 0 Å². The smallest absolute Gasteiger partial charge is 0.248 e. The molecule has 1 fully saturated rings. The lowest BCUT2D eigenvalue weighted by molar-refractivity contribution is -0.142. The van der Waals surface area contributed by atoms with Crippen LogP contribution in [-0.4, -0.2) is 43.7 Å². The lowest BCUT2D eigenvalue weighted by Gasteiger charge is -2.26.